The Balaban J connectivity index is 1.64. The Hall–Kier alpha value is -2.82. The summed E-state index contributed by atoms with van der Waals surface area (Å²) >= 11 is 0. The summed E-state index contributed by atoms with van der Waals surface area (Å²) in [7, 11) is 0. The molecule has 0 saturated carbocycles. The molecule has 3 aromatic rings. The van der Waals surface area contributed by atoms with Gasteiger partial charge in [0.1, 0.15) is 5.82 Å². The first kappa shape index (κ1) is 13.8. The molecule has 0 aliphatic carbocycles. The fraction of sp³-hybridized carbons (Fsp3) is 0.222. The van der Waals surface area contributed by atoms with Gasteiger partial charge in [0.2, 0.25) is 0 Å². The van der Waals surface area contributed by atoms with Crippen LogP contribution in [0.1, 0.15) is 28.5 Å². The van der Waals surface area contributed by atoms with E-state index >= 15 is 0 Å². The second-order valence-corrected chi connectivity index (χ2v) is 5.75. The molecule has 1 aliphatic rings. The van der Waals surface area contributed by atoms with Crippen LogP contribution in [0, 0.1) is 0 Å². The molecular weight excluding hydrogens is 288 g/mol. The number of anilines is 1. The molecule has 5 nitrogen and oxygen atoms in total. The van der Waals surface area contributed by atoms with Crippen LogP contribution in [0.25, 0.3) is 11.4 Å². The molecule has 23 heavy (non-hydrogen) atoms. The number of nitrogens with zero attached hydrogens (tertiary/aromatic N) is 2. The van der Waals surface area contributed by atoms with Crippen molar-refractivity contribution >= 4 is 11.6 Å². The molecule has 1 amide bonds. The first-order chi connectivity index (χ1) is 11.3. The average Bonchev–Trinajstić information content (AvgIpc) is 3.21. The van der Waals surface area contributed by atoms with Gasteiger partial charge >= 0.3 is 0 Å². The van der Waals surface area contributed by atoms with Crippen LogP contribution in [-0.2, 0) is 19.4 Å². The number of hydrogen-bond acceptors (Lipinski definition) is 2. The Bertz CT molecular complexity index is 858. The summed E-state index contributed by atoms with van der Waals surface area (Å²) in [4.78, 5) is 20.3. The highest BCUT2D eigenvalue weighted by Gasteiger charge is 2.25. The van der Waals surface area contributed by atoms with Gasteiger partial charge in [-0.15, -0.1) is 0 Å². The Kier molecular flexibility index (Phi) is 3.26. The van der Waals surface area contributed by atoms with Crippen LogP contribution in [0.15, 0.2) is 42.9 Å². The normalized spacial score (nSPS) is 12.6. The number of fused-ring (bicyclic) bond motifs is 3. The van der Waals surface area contributed by atoms with E-state index in [4.69, 9.17) is 0 Å². The molecule has 4 rings (SSSR count). The molecule has 0 atom stereocenters. The van der Waals surface area contributed by atoms with E-state index in [9.17, 15) is 4.79 Å². The minimum atomic E-state index is -0.108. The zero-order chi connectivity index (χ0) is 15.8. The number of aryl methyl sites for hydroxylation is 3. The zero-order valence-corrected chi connectivity index (χ0v) is 13.0. The van der Waals surface area contributed by atoms with E-state index in [1.165, 1.54) is 5.56 Å². The molecule has 116 valence electrons. The third-order valence-corrected chi connectivity index (χ3v) is 4.37. The Labute approximate surface area is 134 Å². The van der Waals surface area contributed by atoms with Crippen molar-refractivity contribution in [1.82, 2.24) is 14.5 Å². The van der Waals surface area contributed by atoms with E-state index in [1.807, 2.05) is 30.5 Å². The molecule has 0 radical (unpaired) electrons. The number of benzene rings is 1. The molecule has 3 heterocycles. The average molecular weight is 306 g/mol. The quantitative estimate of drug-likeness (QED) is 0.780. The van der Waals surface area contributed by atoms with Gasteiger partial charge in [0.05, 0.1) is 11.1 Å². The summed E-state index contributed by atoms with van der Waals surface area (Å²) < 4.78 is 2.09. The van der Waals surface area contributed by atoms with Crippen molar-refractivity contribution in [2.24, 2.45) is 0 Å². The largest absolute Gasteiger partial charge is 0.364 e. The van der Waals surface area contributed by atoms with Crippen molar-refractivity contribution in [3.05, 3.63) is 59.7 Å². The lowest BCUT2D eigenvalue weighted by Crippen LogP contribution is -2.15. The fourth-order valence-corrected chi connectivity index (χ4v) is 3.07. The molecule has 0 unspecified atom stereocenters. The Morgan fingerprint density at radius 3 is 2.96 bits per heavy atom. The lowest BCUT2D eigenvalue weighted by atomic mass is 10.0. The number of carbonyl (C=O) groups is 1. The maximum atomic E-state index is 12.7. The summed E-state index contributed by atoms with van der Waals surface area (Å²) in [6.45, 7) is 3.00. The van der Waals surface area contributed by atoms with Gasteiger partial charge in [0.15, 0.2) is 0 Å². The monoisotopic (exact) mass is 306 g/mol. The fourth-order valence-electron chi connectivity index (χ4n) is 3.07. The van der Waals surface area contributed by atoms with Crippen molar-refractivity contribution < 1.29 is 4.79 Å². The van der Waals surface area contributed by atoms with Gasteiger partial charge in [0, 0.05) is 42.9 Å². The van der Waals surface area contributed by atoms with Crippen LogP contribution in [0.3, 0.4) is 0 Å². The standard InChI is InChI=1S/C18H18N4O/c1-2-12-3-5-13(6-4-12)21-18(23)14-11-20-15-7-9-22-10-8-19-17(22)16(14)15/h3-6,8,10-11,20H,2,7,9H2,1H3,(H,21,23). The van der Waals surface area contributed by atoms with Crippen molar-refractivity contribution in [2.45, 2.75) is 26.3 Å². The zero-order valence-electron chi connectivity index (χ0n) is 13.0. The number of H-pyrrole nitrogens is 1. The molecule has 0 bridgehead atoms. The van der Waals surface area contributed by atoms with Crippen LogP contribution in [-0.4, -0.2) is 20.4 Å². The molecule has 0 fully saturated rings. The van der Waals surface area contributed by atoms with E-state index in [1.54, 1.807) is 12.4 Å². The van der Waals surface area contributed by atoms with Crippen LogP contribution in [0.5, 0.6) is 0 Å². The Morgan fingerprint density at radius 2 is 2.17 bits per heavy atom. The molecule has 0 saturated heterocycles. The SMILES string of the molecule is CCc1ccc(NC(=O)c2c[nH]c3c2-c2nccn2CC3)cc1. The molecule has 5 heteroatoms. The first-order valence-corrected chi connectivity index (χ1v) is 7.88. The predicted octanol–water partition coefficient (Wildman–Crippen LogP) is 3.25. The van der Waals surface area contributed by atoms with Gasteiger partial charge in [0.25, 0.3) is 5.91 Å². The summed E-state index contributed by atoms with van der Waals surface area (Å²) in [5.74, 6) is 0.752. The van der Waals surface area contributed by atoms with Gasteiger partial charge in [-0.05, 0) is 24.1 Å². The lowest BCUT2D eigenvalue weighted by molar-refractivity contribution is 0.102. The molecule has 0 spiro atoms. The highest BCUT2D eigenvalue weighted by atomic mass is 16.1. The van der Waals surface area contributed by atoms with Crippen LogP contribution in [0.4, 0.5) is 5.69 Å². The highest BCUT2D eigenvalue weighted by molar-refractivity contribution is 6.08. The Morgan fingerprint density at radius 1 is 1.35 bits per heavy atom. The smallest absolute Gasteiger partial charge is 0.257 e. The van der Waals surface area contributed by atoms with Crippen molar-refractivity contribution in [3.8, 4) is 11.4 Å². The molecule has 2 N–H and O–H groups in total. The number of aromatic amines is 1. The number of rotatable bonds is 3. The number of imidazole rings is 1. The molecule has 1 aromatic carbocycles. The minimum absolute atomic E-state index is 0.108. The maximum Gasteiger partial charge on any atom is 0.257 e. The summed E-state index contributed by atoms with van der Waals surface area (Å²) in [5.41, 5.74) is 4.70. The topological polar surface area (TPSA) is 62.7 Å². The maximum absolute atomic E-state index is 12.7. The van der Waals surface area contributed by atoms with Gasteiger partial charge in [-0.1, -0.05) is 19.1 Å². The van der Waals surface area contributed by atoms with Gasteiger partial charge < -0.3 is 14.9 Å². The number of nitrogens with one attached hydrogen (secondary N) is 2. The van der Waals surface area contributed by atoms with E-state index < -0.39 is 0 Å². The van der Waals surface area contributed by atoms with E-state index in [-0.39, 0.29) is 5.91 Å². The molecular formula is C18H18N4O. The van der Waals surface area contributed by atoms with Crippen molar-refractivity contribution in [2.75, 3.05) is 5.32 Å². The van der Waals surface area contributed by atoms with Crippen molar-refractivity contribution in [3.63, 3.8) is 0 Å². The summed E-state index contributed by atoms with van der Waals surface area (Å²) in [5, 5.41) is 2.97. The number of hydrogen-bond donors (Lipinski definition) is 2. The van der Waals surface area contributed by atoms with E-state index in [2.05, 4.69) is 26.8 Å². The van der Waals surface area contributed by atoms with Gasteiger partial charge in [-0.3, -0.25) is 4.79 Å². The number of aromatic nitrogens is 3. The van der Waals surface area contributed by atoms with Crippen molar-refractivity contribution in [1.29, 1.82) is 0 Å². The van der Waals surface area contributed by atoms with Gasteiger partial charge in [-0.25, -0.2) is 4.98 Å². The van der Waals surface area contributed by atoms with Gasteiger partial charge in [-0.2, -0.15) is 0 Å². The van der Waals surface area contributed by atoms with Crippen LogP contribution >= 0.6 is 0 Å². The molecule has 1 aliphatic heterocycles. The first-order valence-electron chi connectivity index (χ1n) is 7.88. The highest BCUT2D eigenvalue weighted by Crippen LogP contribution is 2.31. The third-order valence-electron chi connectivity index (χ3n) is 4.37. The molecule has 2 aromatic heterocycles. The summed E-state index contributed by atoms with van der Waals surface area (Å²) in [6.07, 6.45) is 7.39. The lowest BCUT2D eigenvalue weighted by Gasteiger charge is -2.15. The minimum Gasteiger partial charge on any atom is -0.364 e. The summed E-state index contributed by atoms with van der Waals surface area (Å²) in [6, 6.07) is 7.96. The predicted molar refractivity (Wildman–Crippen MR) is 89.5 cm³/mol. The van der Waals surface area contributed by atoms with E-state index in [0.717, 1.165) is 42.2 Å². The number of carbonyl (C=O) groups excluding carboxylic acids is 1. The van der Waals surface area contributed by atoms with Crippen LogP contribution in [0.2, 0.25) is 0 Å². The second-order valence-electron chi connectivity index (χ2n) is 5.75. The second kappa shape index (κ2) is 5.43. The number of amides is 1. The third kappa shape index (κ3) is 2.34. The van der Waals surface area contributed by atoms with Crippen LogP contribution < -0.4 is 5.32 Å². The van der Waals surface area contributed by atoms with E-state index in [0.29, 0.717) is 5.56 Å².